The molecule has 6 nitrogen and oxygen atoms in total. The summed E-state index contributed by atoms with van der Waals surface area (Å²) in [5.74, 6) is -0.820. The molecule has 2 aromatic rings. The first-order valence-electron chi connectivity index (χ1n) is 8.23. The molecule has 3 N–H and O–H groups in total. The van der Waals surface area contributed by atoms with E-state index in [1.165, 1.54) is 0 Å². The lowest BCUT2D eigenvalue weighted by Gasteiger charge is -2.14. The highest BCUT2D eigenvalue weighted by molar-refractivity contribution is 6.40. The molecule has 2 aromatic carbocycles. The third-order valence-corrected chi connectivity index (χ3v) is 4.44. The van der Waals surface area contributed by atoms with Crippen LogP contribution in [0.5, 0.6) is 5.75 Å². The Morgan fingerprint density at radius 1 is 1.23 bits per heavy atom. The van der Waals surface area contributed by atoms with E-state index in [-0.39, 0.29) is 6.54 Å². The standard InChI is InChI=1S/C19H19ClN2O4/c1-11-2-4-14(20)9-15(11)22-19(25)18(24)21-10-16(23)12-3-5-17-13(8-12)6-7-26-17/h2-5,8-9,16,23H,6-7,10H2,1H3,(H,21,24)(H,22,25). The van der Waals surface area contributed by atoms with Gasteiger partial charge in [0, 0.05) is 23.7 Å². The second kappa shape index (κ2) is 7.76. The summed E-state index contributed by atoms with van der Waals surface area (Å²) in [4.78, 5) is 24.0. The average Bonchev–Trinajstić information content (AvgIpc) is 3.10. The van der Waals surface area contributed by atoms with Gasteiger partial charge in [-0.1, -0.05) is 23.7 Å². The minimum Gasteiger partial charge on any atom is -0.493 e. The van der Waals surface area contributed by atoms with Gasteiger partial charge in [-0.05, 0) is 47.9 Å². The van der Waals surface area contributed by atoms with Crippen LogP contribution in [0.3, 0.4) is 0 Å². The molecule has 136 valence electrons. The molecule has 0 fully saturated rings. The average molecular weight is 375 g/mol. The lowest BCUT2D eigenvalue weighted by Crippen LogP contribution is -2.37. The molecule has 1 unspecified atom stereocenters. The van der Waals surface area contributed by atoms with E-state index in [1.54, 1.807) is 37.3 Å². The van der Waals surface area contributed by atoms with Crippen LogP contribution in [0.25, 0.3) is 0 Å². The van der Waals surface area contributed by atoms with Gasteiger partial charge in [0.05, 0.1) is 12.7 Å². The zero-order valence-electron chi connectivity index (χ0n) is 14.2. The van der Waals surface area contributed by atoms with Gasteiger partial charge in [0.25, 0.3) is 0 Å². The molecule has 0 bridgehead atoms. The lowest BCUT2D eigenvalue weighted by molar-refractivity contribution is -0.136. The van der Waals surface area contributed by atoms with Crippen molar-refractivity contribution in [1.29, 1.82) is 0 Å². The summed E-state index contributed by atoms with van der Waals surface area (Å²) in [5, 5.41) is 15.7. The largest absolute Gasteiger partial charge is 0.493 e. The van der Waals surface area contributed by atoms with Gasteiger partial charge in [0.2, 0.25) is 0 Å². The van der Waals surface area contributed by atoms with E-state index >= 15 is 0 Å². The molecular formula is C19H19ClN2O4. The van der Waals surface area contributed by atoms with Crippen LogP contribution in [0, 0.1) is 6.92 Å². The summed E-state index contributed by atoms with van der Waals surface area (Å²) in [7, 11) is 0. The number of aliphatic hydroxyl groups is 1. The molecular weight excluding hydrogens is 356 g/mol. The fourth-order valence-corrected chi connectivity index (χ4v) is 2.88. The number of nitrogens with one attached hydrogen (secondary N) is 2. The van der Waals surface area contributed by atoms with Crippen LogP contribution < -0.4 is 15.4 Å². The van der Waals surface area contributed by atoms with Crippen molar-refractivity contribution in [1.82, 2.24) is 5.32 Å². The maximum atomic E-state index is 12.0. The number of halogens is 1. The van der Waals surface area contributed by atoms with Gasteiger partial charge in [0.15, 0.2) is 0 Å². The first-order valence-corrected chi connectivity index (χ1v) is 8.61. The zero-order chi connectivity index (χ0) is 18.7. The molecule has 0 radical (unpaired) electrons. The Morgan fingerprint density at radius 3 is 2.85 bits per heavy atom. The van der Waals surface area contributed by atoms with Crippen molar-refractivity contribution in [2.24, 2.45) is 0 Å². The third-order valence-electron chi connectivity index (χ3n) is 4.21. The molecule has 26 heavy (non-hydrogen) atoms. The Labute approximate surface area is 156 Å². The molecule has 1 atom stereocenters. The quantitative estimate of drug-likeness (QED) is 0.717. The van der Waals surface area contributed by atoms with Crippen LogP contribution in [0.15, 0.2) is 36.4 Å². The number of carbonyl (C=O) groups is 2. The van der Waals surface area contributed by atoms with E-state index < -0.39 is 17.9 Å². The number of aliphatic hydroxyl groups excluding tert-OH is 1. The van der Waals surface area contributed by atoms with Crippen LogP contribution >= 0.6 is 11.6 Å². The van der Waals surface area contributed by atoms with Gasteiger partial charge in [-0.2, -0.15) is 0 Å². The molecule has 1 heterocycles. The van der Waals surface area contributed by atoms with Gasteiger partial charge in [0.1, 0.15) is 5.75 Å². The fourth-order valence-electron chi connectivity index (χ4n) is 2.71. The summed E-state index contributed by atoms with van der Waals surface area (Å²) in [5.41, 5.74) is 2.95. The summed E-state index contributed by atoms with van der Waals surface area (Å²) in [6, 6.07) is 10.4. The maximum absolute atomic E-state index is 12.0. The molecule has 1 aliphatic heterocycles. The highest BCUT2D eigenvalue weighted by atomic mass is 35.5. The fraction of sp³-hybridized carbons (Fsp3) is 0.263. The van der Waals surface area contributed by atoms with Crippen LogP contribution in [0.4, 0.5) is 5.69 Å². The Kier molecular flexibility index (Phi) is 5.44. The number of carbonyl (C=O) groups excluding carboxylic acids is 2. The number of aryl methyl sites for hydroxylation is 1. The number of anilines is 1. The van der Waals surface area contributed by atoms with Gasteiger partial charge in [-0.25, -0.2) is 0 Å². The smallest absolute Gasteiger partial charge is 0.313 e. The zero-order valence-corrected chi connectivity index (χ0v) is 15.0. The second-order valence-electron chi connectivity index (χ2n) is 6.10. The monoisotopic (exact) mass is 374 g/mol. The second-order valence-corrected chi connectivity index (χ2v) is 6.54. The predicted octanol–water partition coefficient (Wildman–Crippen LogP) is 2.37. The Balaban J connectivity index is 1.56. The summed E-state index contributed by atoms with van der Waals surface area (Å²) < 4.78 is 5.42. The van der Waals surface area contributed by atoms with Gasteiger partial charge in [-0.3, -0.25) is 9.59 Å². The number of hydrogen-bond acceptors (Lipinski definition) is 4. The number of rotatable bonds is 4. The number of hydrogen-bond donors (Lipinski definition) is 3. The van der Waals surface area contributed by atoms with E-state index in [0.29, 0.717) is 22.9 Å². The Hall–Kier alpha value is -2.57. The normalized spacial score (nSPS) is 13.5. The Bertz CT molecular complexity index is 853. The molecule has 0 spiro atoms. The van der Waals surface area contributed by atoms with Crippen LogP contribution in [0.2, 0.25) is 5.02 Å². The summed E-state index contributed by atoms with van der Waals surface area (Å²) in [6.07, 6.45) is -0.116. The molecule has 7 heteroatoms. The van der Waals surface area contributed by atoms with Gasteiger partial charge < -0.3 is 20.5 Å². The van der Waals surface area contributed by atoms with E-state index in [0.717, 1.165) is 23.3 Å². The van der Waals surface area contributed by atoms with E-state index in [2.05, 4.69) is 10.6 Å². The van der Waals surface area contributed by atoms with Crippen molar-refractivity contribution in [3.8, 4) is 5.75 Å². The first kappa shape index (κ1) is 18.2. The van der Waals surface area contributed by atoms with Gasteiger partial charge >= 0.3 is 11.8 Å². The molecule has 0 saturated heterocycles. The Morgan fingerprint density at radius 2 is 2.04 bits per heavy atom. The van der Waals surface area contributed by atoms with Crippen molar-refractivity contribution < 1.29 is 19.4 Å². The van der Waals surface area contributed by atoms with Gasteiger partial charge in [-0.15, -0.1) is 0 Å². The highest BCUT2D eigenvalue weighted by Crippen LogP contribution is 2.28. The van der Waals surface area contributed by atoms with E-state index in [1.807, 2.05) is 6.07 Å². The van der Waals surface area contributed by atoms with Crippen molar-refractivity contribution >= 4 is 29.1 Å². The van der Waals surface area contributed by atoms with Crippen molar-refractivity contribution in [3.63, 3.8) is 0 Å². The third kappa shape index (κ3) is 4.15. The van der Waals surface area contributed by atoms with Crippen molar-refractivity contribution in [2.75, 3.05) is 18.5 Å². The van der Waals surface area contributed by atoms with E-state index in [9.17, 15) is 14.7 Å². The van der Waals surface area contributed by atoms with Crippen LogP contribution in [0.1, 0.15) is 22.8 Å². The minimum absolute atomic E-state index is 0.0690. The SMILES string of the molecule is Cc1ccc(Cl)cc1NC(=O)C(=O)NCC(O)c1ccc2c(c1)CCO2. The molecule has 1 aliphatic rings. The molecule has 0 aromatic heterocycles. The minimum atomic E-state index is -0.912. The summed E-state index contributed by atoms with van der Waals surface area (Å²) in [6.45, 7) is 2.36. The van der Waals surface area contributed by atoms with E-state index in [4.69, 9.17) is 16.3 Å². The molecule has 0 aliphatic carbocycles. The molecule has 2 amide bonds. The highest BCUT2D eigenvalue weighted by Gasteiger charge is 2.19. The summed E-state index contributed by atoms with van der Waals surface area (Å²) >= 11 is 5.90. The number of ether oxygens (including phenoxy) is 1. The van der Waals surface area contributed by atoms with Crippen molar-refractivity contribution in [2.45, 2.75) is 19.4 Å². The van der Waals surface area contributed by atoms with Crippen molar-refractivity contribution in [3.05, 3.63) is 58.1 Å². The number of fused-ring (bicyclic) bond motifs is 1. The first-order chi connectivity index (χ1) is 12.4. The molecule has 3 rings (SSSR count). The molecule has 0 saturated carbocycles. The number of amides is 2. The predicted molar refractivity (Wildman–Crippen MR) is 98.4 cm³/mol. The van der Waals surface area contributed by atoms with Crippen LogP contribution in [-0.2, 0) is 16.0 Å². The van der Waals surface area contributed by atoms with Crippen LogP contribution in [-0.4, -0.2) is 30.1 Å². The topological polar surface area (TPSA) is 87.7 Å². The lowest BCUT2D eigenvalue weighted by atomic mass is 10.0. The maximum Gasteiger partial charge on any atom is 0.313 e. The number of benzene rings is 2.